The highest BCUT2D eigenvalue weighted by Crippen LogP contribution is 2.34. The van der Waals surface area contributed by atoms with Crippen molar-refractivity contribution in [2.45, 2.75) is 18.9 Å². The van der Waals surface area contributed by atoms with Crippen molar-refractivity contribution in [3.05, 3.63) is 94.5 Å². The average Bonchev–Trinajstić information content (AvgIpc) is 2.80. The summed E-state index contributed by atoms with van der Waals surface area (Å²) in [4.78, 5) is 26.2. The molecule has 1 aliphatic heterocycles. The zero-order chi connectivity index (χ0) is 21.6. The summed E-state index contributed by atoms with van der Waals surface area (Å²) in [5.74, 6) is 0.732. The first-order chi connectivity index (χ1) is 15.1. The Balaban J connectivity index is 1.57. The Morgan fingerprint density at radius 2 is 1.65 bits per heavy atom. The fourth-order valence-corrected chi connectivity index (χ4v) is 3.78. The lowest BCUT2D eigenvalue weighted by atomic mass is 9.96. The first-order valence-corrected chi connectivity index (χ1v) is 10.5. The van der Waals surface area contributed by atoms with Crippen molar-refractivity contribution in [2.24, 2.45) is 0 Å². The molecule has 1 aliphatic rings. The number of hydrogen-bond donors (Lipinski definition) is 1. The maximum atomic E-state index is 13.3. The highest BCUT2D eigenvalue weighted by Gasteiger charge is 2.25. The molecule has 0 fully saturated rings. The molecular weight excluding hydrogens is 414 g/mol. The van der Waals surface area contributed by atoms with E-state index in [1.165, 1.54) is 0 Å². The van der Waals surface area contributed by atoms with Gasteiger partial charge in [0.2, 0.25) is 0 Å². The van der Waals surface area contributed by atoms with Crippen molar-refractivity contribution < 1.29 is 19.1 Å². The number of halogens is 1. The van der Waals surface area contributed by atoms with E-state index in [4.69, 9.17) is 21.1 Å². The lowest BCUT2D eigenvalue weighted by Gasteiger charge is -2.22. The number of fused-ring (bicyclic) bond motifs is 1. The van der Waals surface area contributed by atoms with Crippen LogP contribution in [0, 0.1) is 0 Å². The molecule has 1 atom stereocenters. The molecular formula is C25H22ClNO4. The summed E-state index contributed by atoms with van der Waals surface area (Å²) < 4.78 is 11.4. The van der Waals surface area contributed by atoms with Gasteiger partial charge in [-0.3, -0.25) is 9.59 Å². The van der Waals surface area contributed by atoms with Crippen LogP contribution in [0.4, 0.5) is 0 Å². The molecule has 0 radical (unpaired) electrons. The van der Waals surface area contributed by atoms with Gasteiger partial charge in [-0.05, 0) is 30.2 Å². The zero-order valence-corrected chi connectivity index (χ0v) is 17.6. The number of para-hydroxylation sites is 1. The first kappa shape index (κ1) is 20.9. The number of hydrogen-bond acceptors (Lipinski definition) is 4. The molecule has 158 valence electrons. The summed E-state index contributed by atoms with van der Waals surface area (Å²) in [5.41, 5.74) is 2.03. The highest BCUT2D eigenvalue weighted by atomic mass is 35.5. The van der Waals surface area contributed by atoms with Crippen LogP contribution in [0.25, 0.3) is 0 Å². The number of carbonyl (C=O) groups is 2. The Morgan fingerprint density at radius 1 is 0.903 bits per heavy atom. The molecule has 1 N–H and O–H groups in total. The Bertz CT molecular complexity index is 1080. The van der Waals surface area contributed by atoms with Crippen LogP contribution in [-0.4, -0.2) is 30.9 Å². The number of Topliss-reactive ketones (excluding diaryl/α,β-unsaturated/α-hetero) is 1. The van der Waals surface area contributed by atoms with Gasteiger partial charge in [0.05, 0.1) is 16.6 Å². The van der Waals surface area contributed by atoms with Crippen LogP contribution in [0.1, 0.15) is 21.5 Å². The Hall–Kier alpha value is -3.31. The molecule has 4 rings (SSSR count). The number of carbonyl (C=O) groups excluding carboxylic acids is 2. The maximum Gasteiger partial charge on any atom is 0.253 e. The van der Waals surface area contributed by atoms with Gasteiger partial charge < -0.3 is 14.8 Å². The fraction of sp³-hybridized carbons (Fsp3) is 0.200. The summed E-state index contributed by atoms with van der Waals surface area (Å²) in [6.45, 7) is 0.920. The topological polar surface area (TPSA) is 64.6 Å². The van der Waals surface area contributed by atoms with E-state index in [0.29, 0.717) is 41.7 Å². The van der Waals surface area contributed by atoms with Crippen LogP contribution in [0.5, 0.6) is 11.5 Å². The van der Waals surface area contributed by atoms with Crippen molar-refractivity contribution in [1.82, 2.24) is 5.32 Å². The van der Waals surface area contributed by atoms with E-state index in [1.807, 2.05) is 48.5 Å². The molecule has 1 heterocycles. The third-order valence-corrected chi connectivity index (χ3v) is 5.44. The molecule has 3 aromatic rings. The summed E-state index contributed by atoms with van der Waals surface area (Å²) in [6, 6.07) is 21.2. The minimum atomic E-state index is -0.716. The van der Waals surface area contributed by atoms with E-state index in [2.05, 4.69) is 5.32 Å². The Kier molecular flexibility index (Phi) is 6.53. The summed E-state index contributed by atoms with van der Waals surface area (Å²) in [7, 11) is 0. The molecule has 1 unspecified atom stereocenters. The predicted octanol–water partition coefficient (Wildman–Crippen LogP) is 4.26. The predicted molar refractivity (Wildman–Crippen MR) is 119 cm³/mol. The summed E-state index contributed by atoms with van der Waals surface area (Å²) >= 11 is 6.18. The Labute approximate surface area is 185 Å². The molecule has 0 aromatic heterocycles. The number of rotatable bonds is 7. The van der Waals surface area contributed by atoms with Gasteiger partial charge in [0, 0.05) is 12.0 Å². The van der Waals surface area contributed by atoms with Crippen LogP contribution in [0.15, 0.2) is 72.8 Å². The van der Waals surface area contributed by atoms with E-state index >= 15 is 0 Å². The normalized spacial score (nSPS) is 13.3. The number of amides is 1. The van der Waals surface area contributed by atoms with Gasteiger partial charge in [-0.1, -0.05) is 66.2 Å². The van der Waals surface area contributed by atoms with E-state index in [1.54, 1.807) is 24.3 Å². The SMILES string of the molecule is O=C(NC(Cc1ccccc1)C(=O)Cc1cccc2c1OCCO2)c1ccccc1Cl. The number of ketones is 1. The smallest absolute Gasteiger partial charge is 0.253 e. The van der Waals surface area contributed by atoms with Crippen molar-refractivity contribution in [3.8, 4) is 11.5 Å². The first-order valence-electron chi connectivity index (χ1n) is 10.1. The summed E-state index contributed by atoms with van der Waals surface area (Å²) in [5, 5.41) is 3.22. The average molecular weight is 436 g/mol. The van der Waals surface area contributed by atoms with E-state index in [0.717, 1.165) is 11.1 Å². The minimum Gasteiger partial charge on any atom is -0.486 e. The second-order valence-electron chi connectivity index (χ2n) is 7.28. The molecule has 0 saturated heterocycles. The van der Waals surface area contributed by atoms with E-state index in [9.17, 15) is 9.59 Å². The van der Waals surface area contributed by atoms with E-state index in [-0.39, 0.29) is 18.1 Å². The van der Waals surface area contributed by atoms with Crippen LogP contribution in [0.3, 0.4) is 0 Å². The van der Waals surface area contributed by atoms with Crippen molar-refractivity contribution in [2.75, 3.05) is 13.2 Å². The van der Waals surface area contributed by atoms with E-state index < -0.39 is 6.04 Å². The van der Waals surface area contributed by atoms with Crippen LogP contribution >= 0.6 is 11.6 Å². The molecule has 31 heavy (non-hydrogen) atoms. The molecule has 0 aliphatic carbocycles. The second-order valence-corrected chi connectivity index (χ2v) is 7.69. The summed E-state index contributed by atoms with van der Waals surface area (Å²) in [6.07, 6.45) is 0.495. The fourth-order valence-electron chi connectivity index (χ4n) is 3.56. The molecule has 3 aromatic carbocycles. The molecule has 5 nitrogen and oxygen atoms in total. The lowest BCUT2D eigenvalue weighted by Crippen LogP contribution is -2.43. The van der Waals surface area contributed by atoms with Gasteiger partial charge in [-0.15, -0.1) is 0 Å². The van der Waals surface area contributed by atoms with Gasteiger partial charge in [-0.25, -0.2) is 0 Å². The standard InChI is InChI=1S/C25H22ClNO4/c26-20-11-5-4-10-19(20)25(29)27-21(15-17-7-2-1-3-8-17)22(28)16-18-9-6-12-23-24(18)31-14-13-30-23/h1-12,21H,13-16H2,(H,27,29). The van der Waals surface area contributed by atoms with Crippen molar-refractivity contribution >= 4 is 23.3 Å². The lowest BCUT2D eigenvalue weighted by molar-refractivity contribution is -0.120. The minimum absolute atomic E-state index is 0.118. The number of ether oxygens (including phenoxy) is 2. The highest BCUT2D eigenvalue weighted by molar-refractivity contribution is 6.33. The third-order valence-electron chi connectivity index (χ3n) is 5.11. The monoisotopic (exact) mass is 435 g/mol. The molecule has 0 spiro atoms. The van der Waals surface area contributed by atoms with Gasteiger partial charge in [0.25, 0.3) is 5.91 Å². The maximum absolute atomic E-state index is 13.3. The number of nitrogens with one attached hydrogen (secondary N) is 1. The van der Waals surface area contributed by atoms with Crippen molar-refractivity contribution in [1.29, 1.82) is 0 Å². The van der Waals surface area contributed by atoms with Gasteiger partial charge in [0.15, 0.2) is 17.3 Å². The van der Waals surface area contributed by atoms with Crippen LogP contribution < -0.4 is 14.8 Å². The van der Waals surface area contributed by atoms with Crippen LogP contribution in [0.2, 0.25) is 5.02 Å². The van der Waals surface area contributed by atoms with Crippen LogP contribution in [-0.2, 0) is 17.6 Å². The largest absolute Gasteiger partial charge is 0.486 e. The quantitative estimate of drug-likeness (QED) is 0.602. The molecule has 0 saturated carbocycles. The second kappa shape index (κ2) is 9.67. The zero-order valence-electron chi connectivity index (χ0n) is 16.8. The molecule has 1 amide bonds. The molecule has 6 heteroatoms. The van der Waals surface area contributed by atoms with Gasteiger partial charge >= 0.3 is 0 Å². The number of benzene rings is 3. The Morgan fingerprint density at radius 3 is 2.45 bits per heavy atom. The molecule has 0 bridgehead atoms. The van der Waals surface area contributed by atoms with Gasteiger partial charge in [0.1, 0.15) is 13.2 Å². The third kappa shape index (κ3) is 5.06. The van der Waals surface area contributed by atoms with Crippen molar-refractivity contribution in [3.63, 3.8) is 0 Å². The van der Waals surface area contributed by atoms with Gasteiger partial charge in [-0.2, -0.15) is 0 Å².